The van der Waals surface area contributed by atoms with Gasteiger partial charge in [0.05, 0.1) is 11.5 Å². The molecule has 0 aliphatic heterocycles. The second kappa shape index (κ2) is 7.86. The summed E-state index contributed by atoms with van der Waals surface area (Å²) < 4.78 is 5.18. The van der Waals surface area contributed by atoms with Gasteiger partial charge in [-0.25, -0.2) is 0 Å². The summed E-state index contributed by atoms with van der Waals surface area (Å²) in [6.07, 6.45) is 2.09. The van der Waals surface area contributed by atoms with Gasteiger partial charge in [0, 0.05) is 31.3 Å². The van der Waals surface area contributed by atoms with Crippen LogP contribution in [0, 0.1) is 10.1 Å². The molecule has 1 rings (SSSR count). The molecule has 0 spiro atoms. The van der Waals surface area contributed by atoms with Crippen LogP contribution in [0.2, 0.25) is 0 Å². The Morgan fingerprint density at radius 3 is 2.79 bits per heavy atom. The van der Waals surface area contributed by atoms with Crippen molar-refractivity contribution in [1.82, 2.24) is 5.32 Å². The van der Waals surface area contributed by atoms with Crippen molar-refractivity contribution in [3.8, 4) is 0 Å². The average molecular weight is 266 g/mol. The summed E-state index contributed by atoms with van der Waals surface area (Å²) in [6.45, 7) is 4.78. The highest BCUT2D eigenvalue weighted by molar-refractivity contribution is 5.35. The molecule has 0 amide bonds. The Balaban J connectivity index is 2.72. The van der Waals surface area contributed by atoms with Crippen molar-refractivity contribution >= 4 is 5.69 Å². The lowest BCUT2D eigenvalue weighted by molar-refractivity contribution is -0.384. The van der Waals surface area contributed by atoms with Crippen LogP contribution in [0.5, 0.6) is 0 Å². The van der Waals surface area contributed by atoms with Crippen LogP contribution in [0.4, 0.5) is 5.69 Å². The maximum atomic E-state index is 10.8. The van der Waals surface area contributed by atoms with E-state index >= 15 is 0 Å². The van der Waals surface area contributed by atoms with E-state index < -0.39 is 0 Å². The minimum Gasteiger partial charge on any atom is -0.383 e. The second-order valence-corrected chi connectivity index (χ2v) is 4.68. The number of nitrogens with one attached hydrogen (secondary N) is 1. The molecule has 0 aromatic heterocycles. The largest absolute Gasteiger partial charge is 0.383 e. The molecule has 0 bridgehead atoms. The molecule has 1 aromatic carbocycles. The molecule has 0 saturated carbocycles. The summed E-state index contributed by atoms with van der Waals surface area (Å²) in [6, 6.07) is 7.08. The van der Waals surface area contributed by atoms with Crippen LogP contribution < -0.4 is 5.32 Å². The minimum absolute atomic E-state index is 0.0617. The van der Waals surface area contributed by atoms with Crippen molar-refractivity contribution < 1.29 is 9.66 Å². The minimum atomic E-state index is -0.366. The number of ether oxygens (including phenoxy) is 1. The lowest BCUT2D eigenvalue weighted by Crippen LogP contribution is -2.35. The molecule has 106 valence electrons. The Morgan fingerprint density at radius 2 is 2.21 bits per heavy atom. The molecule has 0 aliphatic carbocycles. The quantitative estimate of drug-likeness (QED) is 0.580. The number of hydrogen-bond donors (Lipinski definition) is 1. The van der Waals surface area contributed by atoms with Crippen LogP contribution in [0.3, 0.4) is 0 Å². The van der Waals surface area contributed by atoms with Gasteiger partial charge < -0.3 is 10.1 Å². The first-order valence-corrected chi connectivity index (χ1v) is 6.57. The van der Waals surface area contributed by atoms with E-state index in [0.717, 1.165) is 18.4 Å². The predicted octanol–water partition coefficient (Wildman–Crippen LogP) is 3.06. The van der Waals surface area contributed by atoms with Gasteiger partial charge in [-0.05, 0) is 18.9 Å². The van der Waals surface area contributed by atoms with Crippen molar-refractivity contribution in [1.29, 1.82) is 0 Å². The van der Waals surface area contributed by atoms with Gasteiger partial charge in [0.1, 0.15) is 0 Å². The van der Waals surface area contributed by atoms with E-state index in [9.17, 15) is 10.1 Å². The number of nitro benzene ring substituents is 1. The van der Waals surface area contributed by atoms with E-state index in [1.54, 1.807) is 19.2 Å². The third-order valence-electron chi connectivity index (χ3n) is 3.07. The molecule has 1 N–H and O–H groups in total. The fraction of sp³-hybridized carbons (Fsp3) is 0.571. The van der Waals surface area contributed by atoms with E-state index in [-0.39, 0.29) is 22.7 Å². The van der Waals surface area contributed by atoms with Gasteiger partial charge in [0.15, 0.2) is 0 Å². The summed E-state index contributed by atoms with van der Waals surface area (Å²) in [7, 11) is 1.68. The zero-order valence-corrected chi connectivity index (χ0v) is 11.8. The van der Waals surface area contributed by atoms with E-state index in [0.29, 0.717) is 6.61 Å². The number of hydrogen-bond acceptors (Lipinski definition) is 4. The first kappa shape index (κ1) is 15.6. The van der Waals surface area contributed by atoms with Crippen molar-refractivity contribution in [3.63, 3.8) is 0 Å². The van der Waals surface area contributed by atoms with Crippen molar-refractivity contribution in [2.24, 2.45) is 0 Å². The lowest BCUT2D eigenvalue weighted by Gasteiger charge is -2.22. The number of methoxy groups -OCH3 is 1. The molecular formula is C14H22N2O3. The fourth-order valence-electron chi connectivity index (χ4n) is 2.12. The molecule has 2 unspecified atom stereocenters. The molecule has 0 saturated heterocycles. The zero-order chi connectivity index (χ0) is 14.3. The number of nitro groups is 1. The van der Waals surface area contributed by atoms with Crippen molar-refractivity contribution in [3.05, 3.63) is 39.9 Å². The summed E-state index contributed by atoms with van der Waals surface area (Å²) in [5, 5.41) is 14.2. The third-order valence-corrected chi connectivity index (χ3v) is 3.07. The number of nitrogens with zero attached hydrogens (tertiary/aromatic N) is 1. The van der Waals surface area contributed by atoms with E-state index in [4.69, 9.17) is 4.74 Å². The normalized spacial score (nSPS) is 14.1. The van der Waals surface area contributed by atoms with Gasteiger partial charge in [-0.15, -0.1) is 0 Å². The van der Waals surface area contributed by atoms with Crippen LogP contribution in [0.25, 0.3) is 0 Å². The van der Waals surface area contributed by atoms with Crippen LogP contribution in [-0.4, -0.2) is 24.7 Å². The average Bonchev–Trinajstić information content (AvgIpc) is 2.39. The third kappa shape index (κ3) is 4.96. The Labute approximate surface area is 114 Å². The van der Waals surface area contributed by atoms with Gasteiger partial charge in [-0.2, -0.15) is 0 Å². The summed E-state index contributed by atoms with van der Waals surface area (Å²) in [5.74, 6) is 0. The molecule has 0 radical (unpaired) electrons. The molecule has 0 fully saturated rings. The lowest BCUT2D eigenvalue weighted by atomic mass is 10.1. The van der Waals surface area contributed by atoms with Gasteiger partial charge in [-0.3, -0.25) is 10.1 Å². The van der Waals surface area contributed by atoms with Crippen molar-refractivity contribution in [2.45, 2.75) is 38.8 Å². The molecule has 5 heteroatoms. The van der Waals surface area contributed by atoms with Gasteiger partial charge in [0.2, 0.25) is 0 Å². The Kier molecular flexibility index (Phi) is 6.45. The van der Waals surface area contributed by atoms with Crippen molar-refractivity contribution in [2.75, 3.05) is 13.7 Å². The smallest absolute Gasteiger partial charge is 0.269 e. The SMILES string of the molecule is CCCC(COC)NC(C)c1cccc([N+](=O)[O-])c1. The van der Waals surface area contributed by atoms with Gasteiger partial charge in [0.25, 0.3) is 5.69 Å². The molecule has 0 aliphatic rings. The summed E-state index contributed by atoms with van der Waals surface area (Å²) in [4.78, 5) is 10.4. The Hall–Kier alpha value is -1.46. The fourth-order valence-corrected chi connectivity index (χ4v) is 2.12. The van der Waals surface area contributed by atoms with Crippen LogP contribution in [-0.2, 0) is 4.74 Å². The molecule has 5 nitrogen and oxygen atoms in total. The maximum Gasteiger partial charge on any atom is 0.269 e. The summed E-state index contributed by atoms with van der Waals surface area (Å²) in [5.41, 5.74) is 1.05. The Morgan fingerprint density at radius 1 is 1.47 bits per heavy atom. The summed E-state index contributed by atoms with van der Waals surface area (Å²) >= 11 is 0. The predicted molar refractivity (Wildman–Crippen MR) is 75.2 cm³/mol. The standard InChI is InChI=1S/C14H22N2O3/c1-4-6-13(10-19-3)15-11(2)12-7-5-8-14(9-12)16(17)18/h5,7-9,11,13,15H,4,6,10H2,1-3H3. The van der Waals surface area contributed by atoms with Gasteiger partial charge >= 0.3 is 0 Å². The van der Waals surface area contributed by atoms with Crippen LogP contribution in [0.15, 0.2) is 24.3 Å². The van der Waals surface area contributed by atoms with Gasteiger partial charge in [-0.1, -0.05) is 25.5 Å². The second-order valence-electron chi connectivity index (χ2n) is 4.68. The molecular weight excluding hydrogens is 244 g/mol. The van der Waals surface area contributed by atoms with Crippen LogP contribution >= 0.6 is 0 Å². The first-order valence-electron chi connectivity index (χ1n) is 6.57. The van der Waals surface area contributed by atoms with E-state index in [2.05, 4.69) is 12.2 Å². The highest BCUT2D eigenvalue weighted by atomic mass is 16.6. The maximum absolute atomic E-state index is 10.8. The first-order chi connectivity index (χ1) is 9.08. The zero-order valence-electron chi connectivity index (χ0n) is 11.8. The number of rotatable bonds is 8. The van der Waals surface area contributed by atoms with E-state index in [1.165, 1.54) is 6.07 Å². The number of non-ortho nitro benzene ring substituents is 1. The molecule has 1 aromatic rings. The Bertz CT molecular complexity index is 403. The van der Waals surface area contributed by atoms with Crippen LogP contribution in [0.1, 0.15) is 38.3 Å². The highest BCUT2D eigenvalue weighted by Gasteiger charge is 2.14. The molecule has 2 atom stereocenters. The highest BCUT2D eigenvalue weighted by Crippen LogP contribution is 2.19. The number of benzene rings is 1. The van der Waals surface area contributed by atoms with E-state index in [1.807, 2.05) is 13.0 Å². The molecule has 0 heterocycles. The molecule has 19 heavy (non-hydrogen) atoms. The topological polar surface area (TPSA) is 64.4 Å². The monoisotopic (exact) mass is 266 g/mol.